The number of ether oxygens (including phenoxy) is 1. The molecule has 0 amide bonds. The number of benzene rings is 3. The van der Waals surface area contributed by atoms with Crippen molar-refractivity contribution < 1.29 is 14.4 Å². The van der Waals surface area contributed by atoms with E-state index in [4.69, 9.17) is 4.74 Å². The lowest BCUT2D eigenvalue weighted by Crippen LogP contribution is -2.37. The van der Waals surface area contributed by atoms with Gasteiger partial charge in [-0.05, 0) is 43.3 Å². The molecule has 2 N–H and O–H groups in total. The molecule has 1 heterocycles. The Labute approximate surface area is 187 Å². The number of para-hydroxylation sites is 1. The zero-order valence-corrected chi connectivity index (χ0v) is 18.4. The standard InChI is InChI=1S/C26H27N2O2S/c1-3-30-24-16-14-22(15-17-24)27-20(2)18-25-28(23-12-8-5-9-13-23)26(29,19-31-25)21-10-6-4-7-11-21/h4-17,27,29H,2-3,18-19H2,1H3/q+1/t26-/m0/s1. The van der Waals surface area contributed by atoms with E-state index in [9.17, 15) is 5.11 Å². The van der Waals surface area contributed by atoms with Gasteiger partial charge in [-0.25, -0.2) is 0 Å². The van der Waals surface area contributed by atoms with Gasteiger partial charge in [0.15, 0.2) is 0 Å². The molecule has 5 heteroatoms. The van der Waals surface area contributed by atoms with Crippen LogP contribution >= 0.6 is 11.8 Å². The molecule has 31 heavy (non-hydrogen) atoms. The molecule has 0 aliphatic carbocycles. The van der Waals surface area contributed by atoms with Crippen LogP contribution in [-0.2, 0) is 5.72 Å². The first-order valence-corrected chi connectivity index (χ1v) is 11.4. The molecule has 1 aliphatic rings. The Balaban J connectivity index is 1.61. The molecule has 0 bridgehead atoms. The molecule has 158 valence electrons. The van der Waals surface area contributed by atoms with Gasteiger partial charge in [-0.1, -0.05) is 54.7 Å². The molecule has 0 spiro atoms. The summed E-state index contributed by atoms with van der Waals surface area (Å²) in [5, 5.41) is 16.2. The largest absolute Gasteiger partial charge is 0.494 e. The number of nitrogens with zero attached hydrogens (tertiary/aromatic N) is 1. The number of hydrogen-bond acceptors (Lipinski definition) is 4. The number of rotatable bonds is 8. The van der Waals surface area contributed by atoms with Crippen LogP contribution in [0.15, 0.2) is 97.2 Å². The summed E-state index contributed by atoms with van der Waals surface area (Å²) in [6.07, 6.45) is 0.613. The van der Waals surface area contributed by atoms with Crippen LogP contribution < -0.4 is 10.1 Å². The molecular weight excluding hydrogens is 404 g/mol. The van der Waals surface area contributed by atoms with Crippen molar-refractivity contribution >= 4 is 28.2 Å². The maximum Gasteiger partial charge on any atom is 0.307 e. The zero-order chi connectivity index (χ0) is 21.7. The summed E-state index contributed by atoms with van der Waals surface area (Å²) in [7, 11) is 0. The first-order chi connectivity index (χ1) is 15.1. The monoisotopic (exact) mass is 431 g/mol. The van der Waals surface area contributed by atoms with Gasteiger partial charge in [-0.3, -0.25) is 0 Å². The third-order valence-electron chi connectivity index (χ3n) is 5.16. The van der Waals surface area contributed by atoms with Gasteiger partial charge in [0.25, 0.3) is 0 Å². The Morgan fingerprint density at radius 1 is 1.03 bits per heavy atom. The van der Waals surface area contributed by atoms with Crippen LogP contribution in [0.3, 0.4) is 0 Å². The van der Waals surface area contributed by atoms with Gasteiger partial charge in [0.1, 0.15) is 11.5 Å². The summed E-state index contributed by atoms with van der Waals surface area (Å²) in [5.74, 6) is 1.40. The third kappa shape index (κ3) is 4.68. The topological polar surface area (TPSA) is 44.5 Å². The quantitative estimate of drug-likeness (QED) is 0.447. The van der Waals surface area contributed by atoms with Gasteiger partial charge < -0.3 is 15.2 Å². The van der Waals surface area contributed by atoms with E-state index in [1.54, 1.807) is 11.8 Å². The molecule has 3 aromatic carbocycles. The van der Waals surface area contributed by atoms with Gasteiger partial charge in [0.05, 0.1) is 18.6 Å². The van der Waals surface area contributed by atoms with Crippen LogP contribution in [0.4, 0.5) is 11.4 Å². The van der Waals surface area contributed by atoms with Crippen molar-refractivity contribution in [3.63, 3.8) is 0 Å². The number of nitrogens with one attached hydrogen (secondary N) is 1. The van der Waals surface area contributed by atoms with E-state index in [1.807, 2.05) is 96.4 Å². The number of hydrogen-bond donors (Lipinski definition) is 2. The van der Waals surface area contributed by atoms with Gasteiger partial charge in [0.2, 0.25) is 10.7 Å². The van der Waals surface area contributed by atoms with Crippen molar-refractivity contribution in [3.8, 4) is 5.75 Å². The Hall–Kier alpha value is -3.02. The van der Waals surface area contributed by atoms with Crippen molar-refractivity contribution in [1.82, 2.24) is 0 Å². The second-order valence-corrected chi connectivity index (χ2v) is 8.45. The number of aliphatic hydroxyl groups is 1. The van der Waals surface area contributed by atoms with Crippen LogP contribution in [-0.4, -0.2) is 27.1 Å². The van der Waals surface area contributed by atoms with E-state index in [1.165, 1.54) is 0 Å². The van der Waals surface area contributed by atoms with Crippen LogP contribution in [0.2, 0.25) is 0 Å². The Morgan fingerprint density at radius 3 is 2.32 bits per heavy atom. The van der Waals surface area contributed by atoms with Crippen molar-refractivity contribution in [2.75, 3.05) is 17.7 Å². The highest BCUT2D eigenvalue weighted by Gasteiger charge is 2.50. The molecule has 0 saturated heterocycles. The summed E-state index contributed by atoms with van der Waals surface area (Å²) in [6, 6.07) is 27.7. The van der Waals surface area contributed by atoms with Gasteiger partial charge in [0, 0.05) is 23.5 Å². The number of allylic oxidation sites excluding steroid dienone is 1. The predicted octanol–water partition coefficient (Wildman–Crippen LogP) is 5.74. The van der Waals surface area contributed by atoms with Gasteiger partial charge in [-0.2, -0.15) is 4.58 Å². The van der Waals surface area contributed by atoms with E-state index in [0.29, 0.717) is 18.8 Å². The molecule has 4 nitrogen and oxygen atoms in total. The highest BCUT2D eigenvalue weighted by Crippen LogP contribution is 2.40. The van der Waals surface area contributed by atoms with Crippen molar-refractivity contribution in [3.05, 3.63) is 103 Å². The normalized spacial score (nSPS) is 18.1. The van der Waals surface area contributed by atoms with E-state index < -0.39 is 5.72 Å². The molecule has 0 aromatic heterocycles. The minimum Gasteiger partial charge on any atom is -0.494 e. The molecule has 4 rings (SSSR count). The van der Waals surface area contributed by atoms with E-state index >= 15 is 0 Å². The predicted molar refractivity (Wildman–Crippen MR) is 129 cm³/mol. The van der Waals surface area contributed by atoms with E-state index in [0.717, 1.165) is 33.4 Å². The maximum atomic E-state index is 11.8. The average molecular weight is 432 g/mol. The molecule has 0 fully saturated rings. The van der Waals surface area contributed by atoms with E-state index in [2.05, 4.69) is 11.9 Å². The molecule has 3 aromatic rings. The highest BCUT2D eigenvalue weighted by molar-refractivity contribution is 8.13. The van der Waals surface area contributed by atoms with Crippen molar-refractivity contribution in [1.29, 1.82) is 0 Å². The fraction of sp³-hybridized carbons (Fsp3) is 0.192. The van der Waals surface area contributed by atoms with Crippen LogP contribution in [0.1, 0.15) is 18.9 Å². The molecule has 0 saturated carbocycles. The number of thioether (sulfide) groups is 1. The maximum absolute atomic E-state index is 11.8. The summed E-state index contributed by atoms with van der Waals surface area (Å²) in [4.78, 5) is 0. The Kier molecular flexibility index (Phi) is 6.44. The Morgan fingerprint density at radius 2 is 1.68 bits per heavy atom. The second-order valence-electron chi connectivity index (χ2n) is 7.40. The molecule has 1 atom stereocenters. The fourth-order valence-electron chi connectivity index (χ4n) is 3.73. The summed E-state index contributed by atoms with van der Waals surface area (Å²) in [6.45, 7) is 6.86. The average Bonchev–Trinajstić information content (AvgIpc) is 3.13. The summed E-state index contributed by atoms with van der Waals surface area (Å²) in [5.41, 5.74) is 2.56. The molecule has 1 aliphatic heterocycles. The third-order valence-corrected chi connectivity index (χ3v) is 6.37. The Bertz CT molecular complexity index is 1070. The van der Waals surface area contributed by atoms with Crippen molar-refractivity contribution in [2.45, 2.75) is 19.1 Å². The second kappa shape index (κ2) is 9.41. The molecule has 0 unspecified atom stereocenters. The SMILES string of the molecule is C=C(CC1=[N+](c2ccccc2)[C@@](O)(c2ccccc2)CS1)Nc1ccc(OCC)cc1. The smallest absolute Gasteiger partial charge is 0.307 e. The highest BCUT2D eigenvalue weighted by atomic mass is 32.2. The molecule has 0 radical (unpaired) electrons. The first kappa shape index (κ1) is 21.2. The van der Waals surface area contributed by atoms with Gasteiger partial charge >= 0.3 is 5.72 Å². The fourth-order valence-corrected chi connectivity index (χ4v) is 5.06. The minimum absolute atomic E-state index is 0.553. The van der Waals surface area contributed by atoms with Crippen LogP contribution in [0.5, 0.6) is 5.75 Å². The molecular formula is C26H27N2O2S+. The lowest BCUT2D eigenvalue weighted by atomic mass is 10.0. The lowest BCUT2D eigenvalue weighted by molar-refractivity contribution is -0.593. The lowest BCUT2D eigenvalue weighted by Gasteiger charge is -2.20. The van der Waals surface area contributed by atoms with E-state index in [-0.39, 0.29) is 0 Å². The number of anilines is 1. The van der Waals surface area contributed by atoms with Crippen molar-refractivity contribution in [2.24, 2.45) is 0 Å². The van der Waals surface area contributed by atoms with Crippen LogP contribution in [0, 0.1) is 0 Å². The van der Waals surface area contributed by atoms with Crippen LogP contribution in [0.25, 0.3) is 0 Å². The summed E-state index contributed by atoms with van der Waals surface area (Å²) < 4.78 is 7.55. The first-order valence-electron chi connectivity index (χ1n) is 10.4. The summed E-state index contributed by atoms with van der Waals surface area (Å²) >= 11 is 1.67. The zero-order valence-electron chi connectivity index (χ0n) is 17.6. The minimum atomic E-state index is -1.11. The van der Waals surface area contributed by atoms with Gasteiger partial charge in [-0.15, -0.1) is 0 Å².